The van der Waals surface area contributed by atoms with Gasteiger partial charge in [-0.1, -0.05) is 18.2 Å². The minimum Gasteiger partial charge on any atom is -0.489 e. The van der Waals surface area contributed by atoms with Crippen LogP contribution in [0.3, 0.4) is 0 Å². The summed E-state index contributed by atoms with van der Waals surface area (Å²) in [5.41, 5.74) is 8.16. The van der Waals surface area contributed by atoms with E-state index in [1.54, 1.807) is 12.3 Å². The zero-order chi connectivity index (χ0) is 13.7. The number of nitrogens with zero attached hydrogens (tertiary/aromatic N) is 2. The van der Waals surface area contributed by atoms with Crippen molar-refractivity contribution in [3.8, 4) is 11.8 Å². The van der Waals surface area contributed by atoms with E-state index >= 15 is 0 Å². The Morgan fingerprint density at radius 2 is 2.16 bits per heavy atom. The Labute approximate surface area is 112 Å². The predicted molar refractivity (Wildman–Crippen MR) is 72.3 cm³/mol. The molecule has 4 nitrogen and oxygen atoms in total. The van der Waals surface area contributed by atoms with E-state index in [9.17, 15) is 0 Å². The van der Waals surface area contributed by atoms with Gasteiger partial charge in [0, 0.05) is 17.8 Å². The lowest BCUT2D eigenvalue weighted by atomic mass is 10.1. The largest absolute Gasteiger partial charge is 0.489 e. The Morgan fingerprint density at radius 3 is 2.89 bits per heavy atom. The molecule has 1 aromatic carbocycles. The van der Waals surface area contributed by atoms with E-state index in [1.807, 2.05) is 43.3 Å². The molecule has 0 saturated heterocycles. The fourth-order valence-corrected chi connectivity index (χ4v) is 1.77. The minimum atomic E-state index is -0.0803. The number of hydrogen-bond acceptors (Lipinski definition) is 4. The number of rotatable bonds is 4. The molecule has 19 heavy (non-hydrogen) atoms. The summed E-state index contributed by atoms with van der Waals surface area (Å²) in [5, 5.41) is 8.79. The Hall–Kier alpha value is -2.38. The number of nitriles is 1. The molecular weight excluding hydrogens is 238 g/mol. The van der Waals surface area contributed by atoms with Crippen LogP contribution in [0.5, 0.6) is 5.75 Å². The summed E-state index contributed by atoms with van der Waals surface area (Å²) >= 11 is 0. The van der Waals surface area contributed by atoms with E-state index in [-0.39, 0.29) is 6.04 Å². The normalized spacial score (nSPS) is 11.6. The highest BCUT2D eigenvalue weighted by molar-refractivity contribution is 5.35. The third kappa shape index (κ3) is 3.30. The predicted octanol–water partition coefficient (Wildman–Crippen LogP) is 2.55. The van der Waals surface area contributed by atoms with Crippen molar-refractivity contribution in [3.63, 3.8) is 0 Å². The molecule has 0 amide bonds. The van der Waals surface area contributed by atoms with Crippen LogP contribution in [-0.4, -0.2) is 4.98 Å². The molecule has 0 aliphatic heterocycles. The summed E-state index contributed by atoms with van der Waals surface area (Å²) in [7, 11) is 0. The average molecular weight is 253 g/mol. The summed E-state index contributed by atoms with van der Waals surface area (Å²) in [6.45, 7) is 2.31. The second-order valence-corrected chi connectivity index (χ2v) is 4.28. The summed E-state index contributed by atoms with van der Waals surface area (Å²) in [6.07, 6.45) is 1.61. The zero-order valence-electron chi connectivity index (χ0n) is 10.7. The molecule has 2 aromatic rings. The summed E-state index contributed by atoms with van der Waals surface area (Å²) < 4.78 is 5.77. The van der Waals surface area contributed by atoms with Crippen molar-refractivity contribution in [2.24, 2.45) is 5.73 Å². The molecule has 0 unspecified atom stereocenters. The van der Waals surface area contributed by atoms with Gasteiger partial charge in [-0.3, -0.25) is 0 Å². The maximum absolute atomic E-state index is 8.79. The van der Waals surface area contributed by atoms with Gasteiger partial charge in [-0.2, -0.15) is 5.26 Å². The standard InChI is InChI=1S/C15H15N3O/c1-11(17)14-4-2-3-5-15(14)19-10-12-6-7-18-13(8-12)9-16/h2-8,11H,10,17H2,1H3/t11-/m1/s1. The highest BCUT2D eigenvalue weighted by atomic mass is 16.5. The lowest BCUT2D eigenvalue weighted by molar-refractivity contribution is 0.301. The van der Waals surface area contributed by atoms with Crippen LogP contribution in [0.2, 0.25) is 0 Å². The van der Waals surface area contributed by atoms with Crippen LogP contribution in [0.1, 0.15) is 29.8 Å². The van der Waals surface area contributed by atoms with Crippen molar-refractivity contribution in [2.75, 3.05) is 0 Å². The monoisotopic (exact) mass is 253 g/mol. The van der Waals surface area contributed by atoms with E-state index < -0.39 is 0 Å². The van der Waals surface area contributed by atoms with Crippen LogP contribution < -0.4 is 10.5 Å². The maximum atomic E-state index is 8.79. The van der Waals surface area contributed by atoms with Crippen LogP contribution in [-0.2, 0) is 6.61 Å². The first-order chi connectivity index (χ1) is 9.20. The van der Waals surface area contributed by atoms with Gasteiger partial charge in [0.25, 0.3) is 0 Å². The second kappa shape index (κ2) is 5.98. The fraction of sp³-hybridized carbons (Fsp3) is 0.200. The molecule has 1 aromatic heterocycles. The number of nitrogens with two attached hydrogens (primary N) is 1. The van der Waals surface area contributed by atoms with Gasteiger partial charge in [-0.15, -0.1) is 0 Å². The molecule has 0 aliphatic carbocycles. The van der Waals surface area contributed by atoms with Crippen LogP contribution in [0.25, 0.3) is 0 Å². The molecule has 2 rings (SSSR count). The molecule has 0 aliphatic rings. The van der Waals surface area contributed by atoms with Crippen LogP contribution >= 0.6 is 0 Å². The highest BCUT2D eigenvalue weighted by Gasteiger charge is 2.07. The molecule has 4 heteroatoms. The van der Waals surface area contributed by atoms with E-state index in [0.29, 0.717) is 12.3 Å². The fourth-order valence-electron chi connectivity index (χ4n) is 1.77. The summed E-state index contributed by atoms with van der Waals surface area (Å²) in [6, 6.07) is 13.2. The first kappa shape index (κ1) is 13.1. The number of pyridine rings is 1. The van der Waals surface area contributed by atoms with Crippen molar-refractivity contribution in [3.05, 3.63) is 59.4 Å². The quantitative estimate of drug-likeness (QED) is 0.908. The van der Waals surface area contributed by atoms with Crippen molar-refractivity contribution in [1.82, 2.24) is 4.98 Å². The van der Waals surface area contributed by atoms with Crippen LogP contribution in [0, 0.1) is 11.3 Å². The molecule has 0 saturated carbocycles. The average Bonchev–Trinajstić information content (AvgIpc) is 2.45. The van der Waals surface area contributed by atoms with Gasteiger partial charge >= 0.3 is 0 Å². The number of para-hydroxylation sites is 1. The number of ether oxygens (including phenoxy) is 1. The van der Waals surface area contributed by atoms with Crippen LogP contribution in [0.15, 0.2) is 42.6 Å². The molecule has 0 radical (unpaired) electrons. The number of benzene rings is 1. The van der Waals surface area contributed by atoms with E-state index in [4.69, 9.17) is 15.7 Å². The van der Waals surface area contributed by atoms with Gasteiger partial charge in [-0.25, -0.2) is 4.98 Å². The van der Waals surface area contributed by atoms with Gasteiger partial charge < -0.3 is 10.5 Å². The Balaban J connectivity index is 2.12. The van der Waals surface area contributed by atoms with Crippen molar-refractivity contribution >= 4 is 0 Å². The maximum Gasteiger partial charge on any atom is 0.140 e. The van der Waals surface area contributed by atoms with Gasteiger partial charge in [0.1, 0.15) is 24.1 Å². The minimum absolute atomic E-state index is 0.0803. The van der Waals surface area contributed by atoms with Crippen molar-refractivity contribution < 1.29 is 4.74 Å². The smallest absolute Gasteiger partial charge is 0.140 e. The second-order valence-electron chi connectivity index (χ2n) is 4.28. The highest BCUT2D eigenvalue weighted by Crippen LogP contribution is 2.24. The third-order valence-corrected chi connectivity index (χ3v) is 2.74. The number of hydrogen-bond donors (Lipinski definition) is 1. The third-order valence-electron chi connectivity index (χ3n) is 2.74. The molecule has 2 N–H and O–H groups in total. The van der Waals surface area contributed by atoms with Gasteiger partial charge in [-0.05, 0) is 30.7 Å². The Morgan fingerprint density at radius 1 is 1.37 bits per heavy atom. The van der Waals surface area contributed by atoms with E-state index in [0.717, 1.165) is 16.9 Å². The van der Waals surface area contributed by atoms with E-state index in [2.05, 4.69) is 4.98 Å². The van der Waals surface area contributed by atoms with Crippen molar-refractivity contribution in [2.45, 2.75) is 19.6 Å². The van der Waals surface area contributed by atoms with Gasteiger partial charge in [0.2, 0.25) is 0 Å². The lowest BCUT2D eigenvalue weighted by Gasteiger charge is -2.13. The van der Waals surface area contributed by atoms with E-state index in [1.165, 1.54) is 0 Å². The number of aromatic nitrogens is 1. The molecule has 0 fully saturated rings. The van der Waals surface area contributed by atoms with Crippen LogP contribution in [0.4, 0.5) is 0 Å². The SMILES string of the molecule is C[C@@H](N)c1ccccc1OCc1ccnc(C#N)c1. The lowest BCUT2D eigenvalue weighted by Crippen LogP contribution is -2.08. The zero-order valence-corrected chi connectivity index (χ0v) is 10.7. The molecule has 0 spiro atoms. The molecule has 1 atom stereocenters. The Kier molecular flexibility index (Phi) is 4.11. The molecule has 0 bridgehead atoms. The summed E-state index contributed by atoms with van der Waals surface area (Å²) in [5.74, 6) is 0.771. The molecule has 1 heterocycles. The first-order valence-corrected chi connectivity index (χ1v) is 6.03. The topological polar surface area (TPSA) is 71.9 Å². The Bertz CT molecular complexity index is 602. The molecule has 96 valence electrons. The van der Waals surface area contributed by atoms with Gasteiger partial charge in [0.05, 0.1) is 0 Å². The molecular formula is C15H15N3O. The summed E-state index contributed by atoms with van der Waals surface area (Å²) in [4.78, 5) is 3.92. The first-order valence-electron chi connectivity index (χ1n) is 6.03. The van der Waals surface area contributed by atoms with Gasteiger partial charge in [0.15, 0.2) is 0 Å². The van der Waals surface area contributed by atoms with Crippen molar-refractivity contribution in [1.29, 1.82) is 5.26 Å².